The average molecular weight is 465 g/mol. The van der Waals surface area contributed by atoms with Gasteiger partial charge in [-0.25, -0.2) is 8.42 Å². The maximum Gasteiger partial charge on any atom is 0.307 e. The number of hydrogen-bond donors (Lipinski definition) is 1. The largest absolute Gasteiger partial charge is 0.456 e. The summed E-state index contributed by atoms with van der Waals surface area (Å²) in [4.78, 5) is 23.5. The highest BCUT2D eigenvalue weighted by Gasteiger charge is 2.21. The summed E-state index contributed by atoms with van der Waals surface area (Å²) in [7, 11) is -3.84. The number of sulfone groups is 1. The predicted molar refractivity (Wildman–Crippen MR) is 109 cm³/mol. The first-order chi connectivity index (χ1) is 13.1. The first-order valence-corrected chi connectivity index (χ1v) is 10.8. The maximum atomic E-state index is 12.3. The molecule has 2 rings (SSSR count). The SMILES string of the molecule is Cc1ccc(Cl)cc1NC(=O)COC(=O)CCS(=O)(=O)c1cc(Cl)ccc1Cl. The van der Waals surface area contributed by atoms with E-state index in [4.69, 9.17) is 39.5 Å². The quantitative estimate of drug-likeness (QED) is 0.617. The second-order valence-electron chi connectivity index (χ2n) is 5.81. The van der Waals surface area contributed by atoms with Crippen LogP contribution in [-0.4, -0.2) is 32.7 Å². The lowest BCUT2D eigenvalue weighted by atomic mass is 10.2. The van der Waals surface area contributed by atoms with Gasteiger partial charge in [-0.1, -0.05) is 40.9 Å². The molecule has 0 unspecified atom stereocenters. The first kappa shape index (κ1) is 22.5. The summed E-state index contributed by atoms with van der Waals surface area (Å²) in [6.07, 6.45) is -0.436. The van der Waals surface area contributed by atoms with Crippen molar-refractivity contribution in [3.8, 4) is 0 Å². The summed E-state index contributed by atoms with van der Waals surface area (Å²) in [5, 5.41) is 3.23. The summed E-state index contributed by atoms with van der Waals surface area (Å²) >= 11 is 17.5. The molecule has 10 heteroatoms. The van der Waals surface area contributed by atoms with Crippen molar-refractivity contribution >= 4 is 62.2 Å². The lowest BCUT2D eigenvalue weighted by Gasteiger charge is -2.10. The molecule has 6 nitrogen and oxygen atoms in total. The fraction of sp³-hybridized carbons (Fsp3) is 0.222. The van der Waals surface area contributed by atoms with E-state index >= 15 is 0 Å². The molecule has 0 aliphatic heterocycles. The van der Waals surface area contributed by atoms with E-state index in [-0.39, 0.29) is 14.9 Å². The Hall–Kier alpha value is -1.80. The number of anilines is 1. The minimum atomic E-state index is -3.84. The first-order valence-electron chi connectivity index (χ1n) is 7.98. The normalized spacial score (nSPS) is 11.1. The molecule has 28 heavy (non-hydrogen) atoms. The van der Waals surface area contributed by atoms with E-state index in [2.05, 4.69) is 5.32 Å². The van der Waals surface area contributed by atoms with E-state index in [9.17, 15) is 18.0 Å². The van der Waals surface area contributed by atoms with Crippen LogP contribution in [0.2, 0.25) is 15.1 Å². The number of ether oxygens (including phenoxy) is 1. The number of nitrogens with one attached hydrogen (secondary N) is 1. The Morgan fingerprint density at radius 1 is 1.04 bits per heavy atom. The molecule has 0 fully saturated rings. The minimum absolute atomic E-state index is 0.00837. The van der Waals surface area contributed by atoms with Crippen molar-refractivity contribution < 1.29 is 22.7 Å². The molecule has 2 aromatic carbocycles. The molecule has 0 spiro atoms. The highest BCUT2D eigenvalue weighted by Crippen LogP contribution is 2.26. The Morgan fingerprint density at radius 3 is 2.39 bits per heavy atom. The van der Waals surface area contributed by atoms with Gasteiger partial charge in [-0.3, -0.25) is 9.59 Å². The Morgan fingerprint density at radius 2 is 1.68 bits per heavy atom. The van der Waals surface area contributed by atoms with Crippen LogP contribution in [0.5, 0.6) is 0 Å². The smallest absolute Gasteiger partial charge is 0.307 e. The van der Waals surface area contributed by atoms with E-state index in [1.54, 1.807) is 25.1 Å². The van der Waals surface area contributed by atoms with E-state index in [0.29, 0.717) is 10.7 Å². The van der Waals surface area contributed by atoms with Gasteiger partial charge < -0.3 is 10.1 Å². The molecule has 1 N–H and O–H groups in total. The Labute approximate surface area is 177 Å². The number of amides is 1. The van der Waals surface area contributed by atoms with Crippen molar-refractivity contribution in [3.63, 3.8) is 0 Å². The molecule has 0 saturated carbocycles. The van der Waals surface area contributed by atoms with Gasteiger partial charge in [0.1, 0.15) is 0 Å². The number of benzene rings is 2. The van der Waals surface area contributed by atoms with Crippen LogP contribution in [-0.2, 0) is 24.2 Å². The summed E-state index contributed by atoms with van der Waals surface area (Å²) in [6, 6.07) is 9.01. The van der Waals surface area contributed by atoms with Crippen LogP contribution in [0.25, 0.3) is 0 Å². The lowest BCUT2D eigenvalue weighted by Crippen LogP contribution is -2.22. The Kier molecular flexibility index (Phi) is 7.71. The van der Waals surface area contributed by atoms with Gasteiger partial charge in [0.15, 0.2) is 16.4 Å². The number of halogens is 3. The van der Waals surface area contributed by atoms with E-state index in [1.165, 1.54) is 18.2 Å². The highest BCUT2D eigenvalue weighted by molar-refractivity contribution is 7.91. The Balaban J connectivity index is 1.87. The van der Waals surface area contributed by atoms with Gasteiger partial charge in [-0.15, -0.1) is 0 Å². The zero-order valence-electron chi connectivity index (χ0n) is 14.7. The van der Waals surface area contributed by atoms with Gasteiger partial charge in [0.2, 0.25) is 0 Å². The van der Waals surface area contributed by atoms with Crippen LogP contribution in [0.3, 0.4) is 0 Å². The van der Waals surface area contributed by atoms with Crippen molar-refractivity contribution in [2.75, 3.05) is 17.7 Å². The molecule has 0 aromatic heterocycles. The summed E-state index contributed by atoms with van der Waals surface area (Å²) in [5.41, 5.74) is 1.28. The number of aryl methyl sites for hydroxylation is 1. The van der Waals surface area contributed by atoms with Crippen molar-refractivity contribution in [2.45, 2.75) is 18.2 Å². The van der Waals surface area contributed by atoms with Gasteiger partial charge in [0.25, 0.3) is 5.91 Å². The van der Waals surface area contributed by atoms with Crippen LogP contribution in [0.15, 0.2) is 41.3 Å². The molecular weight excluding hydrogens is 449 g/mol. The molecule has 0 atom stereocenters. The van der Waals surface area contributed by atoms with Crippen molar-refractivity contribution in [1.82, 2.24) is 0 Å². The van der Waals surface area contributed by atoms with Gasteiger partial charge in [-0.05, 0) is 42.8 Å². The summed E-state index contributed by atoms with van der Waals surface area (Å²) in [5.74, 6) is -1.93. The van der Waals surface area contributed by atoms with Crippen LogP contribution in [0.4, 0.5) is 5.69 Å². The number of carbonyl (C=O) groups is 2. The molecule has 150 valence electrons. The van der Waals surface area contributed by atoms with Crippen LogP contribution < -0.4 is 5.32 Å². The summed E-state index contributed by atoms with van der Waals surface area (Å²) < 4.78 is 29.5. The molecule has 0 radical (unpaired) electrons. The van der Waals surface area contributed by atoms with Gasteiger partial charge in [0.05, 0.1) is 22.1 Å². The molecule has 0 heterocycles. The van der Waals surface area contributed by atoms with Crippen LogP contribution in [0, 0.1) is 6.92 Å². The predicted octanol–water partition coefficient (Wildman–Crippen LogP) is 4.30. The van der Waals surface area contributed by atoms with Gasteiger partial charge >= 0.3 is 5.97 Å². The highest BCUT2D eigenvalue weighted by atomic mass is 35.5. The molecule has 0 aliphatic rings. The summed E-state index contributed by atoms with van der Waals surface area (Å²) in [6.45, 7) is 1.23. The van der Waals surface area contributed by atoms with Crippen molar-refractivity contribution in [1.29, 1.82) is 0 Å². The van der Waals surface area contributed by atoms with Crippen molar-refractivity contribution in [2.24, 2.45) is 0 Å². The molecule has 1 amide bonds. The van der Waals surface area contributed by atoms with E-state index in [1.807, 2.05) is 0 Å². The maximum absolute atomic E-state index is 12.3. The number of hydrogen-bond acceptors (Lipinski definition) is 5. The topological polar surface area (TPSA) is 89.5 Å². The second kappa shape index (κ2) is 9.60. The molecule has 2 aromatic rings. The van der Waals surface area contributed by atoms with Crippen LogP contribution in [0.1, 0.15) is 12.0 Å². The number of esters is 1. The number of rotatable bonds is 7. The van der Waals surface area contributed by atoms with E-state index in [0.717, 1.165) is 5.56 Å². The second-order valence-corrected chi connectivity index (χ2v) is 9.17. The average Bonchev–Trinajstić information content (AvgIpc) is 2.63. The van der Waals surface area contributed by atoms with Crippen molar-refractivity contribution in [3.05, 3.63) is 57.0 Å². The molecular formula is C18H16Cl3NO5S. The zero-order chi connectivity index (χ0) is 20.9. The molecule has 0 saturated heterocycles. The van der Waals surface area contributed by atoms with Gasteiger partial charge in [-0.2, -0.15) is 0 Å². The zero-order valence-corrected chi connectivity index (χ0v) is 17.8. The fourth-order valence-electron chi connectivity index (χ4n) is 2.18. The third kappa shape index (κ3) is 6.38. The molecule has 0 bridgehead atoms. The minimum Gasteiger partial charge on any atom is -0.456 e. The third-order valence-electron chi connectivity index (χ3n) is 3.64. The monoisotopic (exact) mass is 463 g/mol. The van der Waals surface area contributed by atoms with Gasteiger partial charge in [0, 0.05) is 15.7 Å². The fourth-order valence-corrected chi connectivity index (χ4v) is 4.38. The van der Waals surface area contributed by atoms with Crippen LogP contribution >= 0.6 is 34.8 Å². The van der Waals surface area contributed by atoms with E-state index < -0.39 is 40.5 Å². The molecule has 0 aliphatic carbocycles. The third-order valence-corrected chi connectivity index (χ3v) is 6.30. The number of carbonyl (C=O) groups excluding carboxylic acids is 2. The Bertz CT molecular complexity index is 1010. The standard InChI is InChI=1S/C18H16Cl3NO5S/c1-11-2-3-12(19)8-15(11)22-17(23)10-27-18(24)6-7-28(25,26)16-9-13(20)4-5-14(16)21/h2-5,8-9H,6-7,10H2,1H3,(H,22,23). The lowest BCUT2D eigenvalue weighted by molar-refractivity contribution is -0.146.